The lowest BCUT2D eigenvalue weighted by molar-refractivity contribution is -0.384. The van der Waals surface area contributed by atoms with Gasteiger partial charge in [0.15, 0.2) is 0 Å². The predicted octanol–water partition coefficient (Wildman–Crippen LogP) is 3.58. The Labute approximate surface area is 129 Å². The van der Waals surface area contributed by atoms with E-state index in [0.717, 1.165) is 11.1 Å². The molecule has 0 saturated carbocycles. The molecule has 0 aliphatic heterocycles. The molecule has 0 spiro atoms. The van der Waals surface area contributed by atoms with Crippen molar-refractivity contribution in [1.82, 2.24) is 5.32 Å². The van der Waals surface area contributed by atoms with Crippen LogP contribution in [0.15, 0.2) is 54.6 Å². The van der Waals surface area contributed by atoms with Crippen molar-refractivity contribution in [2.75, 3.05) is 0 Å². The maximum Gasteiger partial charge on any atom is 0.269 e. The number of amides is 1. The van der Waals surface area contributed by atoms with Crippen LogP contribution in [0, 0.1) is 10.1 Å². The third-order valence-electron chi connectivity index (χ3n) is 3.66. The fourth-order valence-electron chi connectivity index (χ4n) is 2.20. The van der Waals surface area contributed by atoms with Crippen molar-refractivity contribution in [3.63, 3.8) is 0 Å². The number of nitro groups is 1. The van der Waals surface area contributed by atoms with Crippen LogP contribution in [0.3, 0.4) is 0 Å². The van der Waals surface area contributed by atoms with Gasteiger partial charge in [-0.15, -0.1) is 0 Å². The minimum atomic E-state index is -0.452. The van der Waals surface area contributed by atoms with E-state index < -0.39 is 4.92 Å². The maximum absolute atomic E-state index is 12.3. The number of benzene rings is 2. The molecule has 0 saturated heterocycles. The Kier molecular flexibility index (Phi) is 4.88. The molecule has 0 fully saturated rings. The standard InChI is InChI=1S/C17H18N2O3/c1-12(14-8-10-16(11-9-14)19(21)22)17(20)18-13(2)15-6-4-3-5-7-15/h3-13H,1-2H3,(H,18,20)/t12-,13-/m1/s1. The number of hydrogen-bond acceptors (Lipinski definition) is 3. The predicted molar refractivity (Wildman–Crippen MR) is 84.5 cm³/mol. The maximum atomic E-state index is 12.3. The van der Waals surface area contributed by atoms with Crippen molar-refractivity contribution in [3.05, 3.63) is 75.8 Å². The minimum absolute atomic E-state index is 0.0222. The van der Waals surface area contributed by atoms with Crippen molar-refractivity contribution in [2.24, 2.45) is 0 Å². The first-order chi connectivity index (χ1) is 10.5. The Morgan fingerprint density at radius 2 is 1.59 bits per heavy atom. The van der Waals surface area contributed by atoms with Gasteiger partial charge >= 0.3 is 0 Å². The van der Waals surface area contributed by atoms with Crippen LogP contribution < -0.4 is 5.32 Å². The van der Waals surface area contributed by atoms with Gasteiger partial charge in [-0.2, -0.15) is 0 Å². The molecule has 2 aromatic carbocycles. The Bertz CT molecular complexity index is 653. The number of nitrogens with one attached hydrogen (secondary N) is 1. The van der Waals surface area contributed by atoms with Gasteiger partial charge in [-0.25, -0.2) is 0 Å². The van der Waals surface area contributed by atoms with E-state index in [-0.39, 0.29) is 23.6 Å². The number of non-ortho nitro benzene ring substituents is 1. The SMILES string of the molecule is C[C@@H](NC(=O)[C@H](C)c1ccc([N+](=O)[O-])cc1)c1ccccc1. The zero-order valence-corrected chi connectivity index (χ0v) is 12.5. The average molecular weight is 298 g/mol. The van der Waals surface area contributed by atoms with Crippen LogP contribution in [-0.2, 0) is 4.79 Å². The molecule has 2 atom stereocenters. The van der Waals surface area contributed by atoms with Crippen molar-refractivity contribution >= 4 is 11.6 Å². The second-order valence-electron chi connectivity index (χ2n) is 5.21. The summed E-state index contributed by atoms with van der Waals surface area (Å²) in [7, 11) is 0. The van der Waals surface area contributed by atoms with E-state index in [0.29, 0.717) is 0 Å². The fourth-order valence-corrected chi connectivity index (χ4v) is 2.20. The highest BCUT2D eigenvalue weighted by molar-refractivity contribution is 5.83. The van der Waals surface area contributed by atoms with Gasteiger partial charge in [0.1, 0.15) is 0 Å². The van der Waals surface area contributed by atoms with Gasteiger partial charge in [0.05, 0.1) is 16.9 Å². The summed E-state index contributed by atoms with van der Waals surface area (Å²) in [4.78, 5) is 22.5. The van der Waals surface area contributed by atoms with Gasteiger partial charge < -0.3 is 5.32 Å². The molecule has 0 bridgehead atoms. The van der Waals surface area contributed by atoms with Crippen LogP contribution >= 0.6 is 0 Å². The molecule has 0 radical (unpaired) electrons. The summed E-state index contributed by atoms with van der Waals surface area (Å²) in [5, 5.41) is 13.6. The highest BCUT2D eigenvalue weighted by Crippen LogP contribution is 2.21. The van der Waals surface area contributed by atoms with Crippen LogP contribution in [0.5, 0.6) is 0 Å². The third kappa shape index (κ3) is 3.69. The van der Waals surface area contributed by atoms with Crippen molar-refractivity contribution in [1.29, 1.82) is 0 Å². The van der Waals surface area contributed by atoms with Crippen molar-refractivity contribution in [2.45, 2.75) is 25.8 Å². The molecule has 22 heavy (non-hydrogen) atoms. The molecular weight excluding hydrogens is 280 g/mol. The molecule has 0 aliphatic carbocycles. The van der Waals surface area contributed by atoms with Crippen LogP contribution in [-0.4, -0.2) is 10.8 Å². The van der Waals surface area contributed by atoms with Gasteiger partial charge in [0, 0.05) is 12.1 Å². The van der Waals surface area contributed by atoms with E-state index in [1.165, 1.54) is 12.1 Å². The molecule has 1 amide bonds. The minimum Gasteiger partial charge on any atom is -0.349 e. The summed E-state index contributed by atoms with van der Waals surface area (Å²) < 4.78 is 0. The Hall–Kier alpha value is -2.69. The summed E-state index contributed by atoms with van der Waals surface area (Å²) >= 11 is 0. The number of carbonyl (C=O) groups excluding carboxylic acids is 1. The van der Waals surface area contributed by atoms with Crippen molar-refractivity contribution < 1.29 is 9.72 Å². The molecule has 5 heteroatoms. The van der Waals surface area contributed by atoms with Gasteiger partial charge in [-0.05, 0) is 25.0 Å². The van der Waals surface area contributed by atoms with Crippen LogP contribution in [0.1, 0.15) is 36.9 Å². The quantitative estimate of drug-likeness (QED) is 0.677. The highest BCUT2D eigenvalue weighted by Gasteiger charge is 2.18. The molecule has 0 heterocycles. The molecule has 2 rings (SSSR count). The largest absolute Gasteiger partial charge is 0.349 e. The second-order valence-corrected chi connectivity index (χ2v) is 5.21. The fraction of sp³-hybridized carbons (Fsp3) is 0.235. The first kappa shape index (κ1) is 15.7. The number of nitro benzene ring substituents is 1. The van der Waals surface area contributed by atoms with Gasteiger partial charge in [-0.3, -0.25) is 14.9 Å². The Morgan fingerprint density at radius 1 is 1.00 bits per heavy atom. The van der Waals surface area contributed by atoms with Crippen LogP contribution in [0.2, 0.25) is 0 Å². The van der Waals surface area contributed by atoms with E-state index in [1.807, 2.05) is 37.3 Å². The first-order valence-corrected chi connectivity index (χ1v) is 7.08. The monoisotopic (exact) mass is 298 g/mol. The molecule has 0 unspecified atom stereocenters. The molecular formula is C17H18N2O3. The number of nitrogens with zero attached hydrogens (tertiary/aromatic N) is 1. The molecule has 0 aliphatic rings. The highest BCUT2D eigenvalue weighted by atomic mass is 16.6. The summed E-state index contributed by atoms with van der Waals surface area (Å²) in [6, 6.07) is 15.7. The van der Waals surface area contributed by atoms with E-state index in [1.54, 1.807) is 19.1 Å². The topological polar surface area (TPSA) is 72.2 Å². The molecule has 0 aromatic heterocycles. The summed E-state index contributed by atoms with van der Waals surface area (Å²) in [5.41, 5.74) is 1.81. The van der Waals surface area contributed by atoms with Gasteiger partial charge in [0.25, 0.3) is 5.69 Å². The molecule has 1 N–H and O–H groups in total. The molecule has 114 valence electrons. The number of rotatable bonds is 5. The lowest BCUT2D eigenvalue weighted by Crippen LogP contribution is -2.30. The summed E-state index contributed by atoms with van der Waals surface area (Å²) in [5.74, 6) is -0.475. The first-order valence-electron chi connectivity index (χ1n) is 7.08. The third-order valence-corrected chi connectivity index (χ3v) is 3.66. The van der Waals surface area contributed by atoms with E-state index in [9.17, 15) is 14.9 Å². The Balaban J connectivity index is 2.04. The lowest BCUT2D eigenvalue weighted by Gasteiger charge is -2.18. The average Bonchev–Trinajstić information content (AvgIpc) is 2.55. The molecule has 5 nitrogen and oxygen atoms in total. The molecule has 2 aromatic rings. The zero-order chi connectivity index (χ0) is 16.1. The van der Waals surface area contributed by atoms with E-state index in [2.05, 4.69) is 5.32 Å². The van der Waals surface area contributed by atoms with E-state index in [4.69, 9.17) is 0 Å². The number of hydrogen-bond donors (Lipinski definition) is 1. The van der Waals surface area contributed by atoms with Crippen LogP contribution in [0.4, 0.5) is 5.69 Å². The number of carbonyl (C=O) groups is 1. The lowest BCUT2D eigenvalue weighted by atomic mass is 9.99. The van der Waals surface area contributed by atoms with Gasteiger partial charge in [0.2, 0.25) is 5.91 Å². The zero-order valence-electron chi connectivity index (χ0n) is 12.5. The summed E-state index contributed by atoms with van der Waals surface area (Å²) in [6.07, 6.45) is 0. The Morgan fingerprint density at radius 3 is 2.14 bits per heavy atom. The smallest absolute Gasteiger partial charge is 0.269 e. The van der Waals surface area contributed by atoms with Crippen LogP contribution in [0.25, 0.3) is 0 Å². The van der Waals surface area contributed by atoms with E-state index >= 15 is 0 Å². The normalized spacial score (nSPS) is 13.2. The van der Waals surface area contributed by atoms with Gasteiger partial charge in [-0.1, -0.05) is 42.5 Å². The van der Waals surface area contributed by atoms with Crippen molar-refractivity contribution in [3.8, 4) is 0 Å². The summed E-state index contributed by atoms with van der Waals surface area (Å²) in [6.45, 7) is 3.71. The second kappa shape index (κ2) is 6.85.